The molecule has 1 amide bonds. The van der Waals surface area contributed by atoms with Crippen LogP contribution in [0.25, 0.3) is 10.8 Å². The van der Waals surface area contributed by atoms with Crippen molar-refractivity contribution in [1.82, 2.24) is 14.2 Å². The number of nitrogens with zero attached hydrogens (tertiary/aromatic N) is 3. The summed E-state index contributed by atoms with van der Waals surface area (Å²) in [5, 5.41) is 1.37. The van der Waals surface area contributed by atoms with Crippen LogP contribution in [0, 0.1) is 0 Å². The fraction of sp³-hybridized carbons (Fsp3) is 0.375. The smallest absolute Gasteiger partial charge is 0.243 e. The molecule has 2 heterocycles. The van der Waals surface area contributed by atoms with E-state index in [1.807, 2.05) is 6.07 Å². The summed E-state index contributed by atoms with van der Waals surface area (Å²) in [5.74, 6) is -0.143. The van der Waals surface area contributed by atoms with Gasteiger partial charge >= 0.3 is 0 Å². The molecule has 3 rings (SSSR count). The van der Waals surface area contributed by atoms with Gasteiger partial charge in [0.15, 0.2) is 0 Å². The van der Waals surface area contributed by atoms with Gasteiger partial charge in [-0.05, 0) is 25.0 Å². The lowest BCUT2D eigenvalue weighted by atomic mass is 10.2. The Labute approximate surface area is 135 Å². The summed E-state index contributed by atoms with van der Waals surface area (Å²) in [5.41, 5.74) is 0. The first kappa shape index (κ1) is 15.9. The maximum absolute atomic E-state index is 12.8. The Morgan fingerprint density at radius 1 is 1.26 bits per heavy atom. The number of aromatic nitrogens is 1. The molecule has 0 bridgehead atoms. The monoisotopic (exact) mass is 333 g/mol. The van der Waals surface area contributed by atoms with Crippen LogP contribution in [0.1, 0.15) is 12.8 Å². The molecule has 7 heteroatoms. The molecule has 0 unspecified atom stereocenters. The highest BCUT2D eigenvalue weighted by atomic mass is 32.2. The van der Waals surface area contributed by atoms with Crippen LogP contribution >= 0.6 is 0 Å². The fourth-order valence-electron chi connectivity index (χ4n) is 2.83. The predicted octanol–water partition coefficient (Wildman–Crippen LogP) is 1.48. The van der Waals surface area contributed by atoms with E-state index in [-0.39, 0.29) is 17.3 Å². The van der Waals surface area contributed by atoms with Crippen molar-refractivity contribution in [2.45, 2.75) is 17.7 Å². The van der Waals surface area contributed by atoms with E-state index in [2.05, 4.69) is 4.98 Å². The van der Waals surface area contributed by atoms with E-state index in [9.17, 15) is 13.2 Å². The molecule has 0 aliphatic carbocycles. The van der Waals surface area contributed by atoms with Gasteiger partial charge in [0.2, 0.25) is 15.9 Å². The molecular weight excluding hydrogens is 314 g/mol. The molecule has 1 aromatic carbocycles. The number of likely N-dealkylation sites (N-methyl/N-ethyl adjacent to an activating group) is 1. The molecule has 2 aromatic rings. The molecular formula is C16H19N3O3S. The van der Waals surface area contributed by atoms with E-state index in [0.717, 1.165) is 22.5 Å². The summed E-state index contributed by atoms with van der Waals surface area (Å²) in [6.45, 7) is 1.29. The van der Waals surface area contributed by atoms with E-state index in [1.165, 1.54) is 7.05 Å². The summed E-state index contributed by atoms with van der Waals surface area (Å²) in [6, 6.07) is 6.75. The van der Waals surface area contributed by atoms with E-state index in [0.29, 0.717) is 18.5 Å². The quantitative estimate of drug-likeness (QED) is 0.850. The zero-order chi connectivity index (χ0) is 16.4. The van der Waals surface area contributed by atoms with E-state index in [4.69, 9.17) is 0 Å². The predicted molar refractivity (Wildman–Crippen MR) is 87.4 cm³/mol. The average molecular weight is 333 g/mol. The zero-order valence-electron chi connectivity index (χ0n) is 13.0. The van der Waals surface area contributed by atoms with Gasteiger partial charge in [-0.2, -0.15) is 4.31 Å². The van der Waals surface area contributed by atoms with Crippen LogP contribution in [-0.2, 0) is 14.8 Å². The van der Waals surface area contributed by atoms with E-state index in [1.54, 1.807) is 35.5 Å². The third kappa shape index (κ3) is 3.07. The molecule has 1 aliphatic heterocycles. The molecule has 0 spiro atoms. The number of hydrogen-bond donors (Lipinski definition) is 0. The highest BCUT2D eigenvalue weighted by Crippen LogP contribution is 2.24. The maximum atomic E-state index is 12.8. The second-order valence-corrected chi connectivity index (χ2v) is 7.72. The van der Waals surface area contributed by atoms with Gasteiger partial charge in [-0.1, -0.05) is 12.1 Å². The lowest BCUT2D eigenvalue weighted by Gasteiger charge is -2.21. The van der Waals surface area contributed by atoms with Crippen LogP contribution in [0.15, 0.2) is 41.6 Å². The van der Waals surface area contributed by atoms with Crippen molar-refractivity contribution in [3.63, 3.8) is 0 Å². The van der Waals surface area contributed by atoms with Crippen molar-refractivity contribution < 1.29 is 13.2 Å². The molecule has 23 heavy (non-hydrogen) atoms. The number of amides is 1. The maximum Gasteiger partial charge on any atom is 0.243 e. The minimum atomic E-state index is -3.73. The number of rotatable bonds is 4. The van der Waals surface area contributed by atoms with Gasteiger partial charge in [0.05, 0.1) is 11.4 Å². The zero-order valence-corrected chi connectivity index (χ0v) is 13.8. The van der Waals surface area contributed by atoms with Gasteiger partial charge in [0.25, 0.3) is 0 Å². The molecule has 1 fully saturated rings. The Morgan fingerprint density at radius 2 is 2.00 bits per heavy atom. The second kappa shape index (κ2) is 6.25. The Morgan fingerprint density at radius 3 is 2.74 bits per heavy atom. The summed E-state index contributed by atoms with van der Waals surface area (Å²) >= 11 is 0. The largest absolute Gasteiger partial charge is 0.342 e. The number of sulfonamides is 1. The lowest BCUT2D eigenvalue weighted by Crippen LogP contribution is -2.39. The van der Waals surface area contributed by atoms with Gasteiger partial charge < -0.3 is 4.90 Å². The van der Waals surface area contributed by atoms with Crippen molar-refractivity contribution in [1.29, 1.82) is 0 Å². The molecule has 0 atom stereocenters. The summed E-state index contributed by atoms with van der Waals surface area (Å²) in [4.78, 5) is 18.1. The minimum absolute atomic E-state index is 0.135. The van der Waals surface area contributed by atoms with Crippen LogP contribution in [-0.4, -0.2) is 55.2 Å². The molecule has 1 saturated heterocycles. The van der Waals surface area contributed by atoms with Crippen LogP contribution in [0.2, 0.25) is 0 Å². The highest BCUT2D eigenvalue weighted by molar-refractivity contribution is 7.89. The second-order valence-electron chi connectivity index (χ2n) is 5.70. The first-order valence-corrected chi connectivity index (χ1v) is 9.01. The summed E-state index contributed by atoms with van der Waals surface area (Å²) in [6.07, 6.45) is 5.16. The van der Waals surface area contributed by atoms with Gasteiger partial charge in [0.1, 0.15) is 0 Å². The Kier molecular flexibility index (Phi) is 4.32. The van der Waals surface area contributed by atoms with Gasteiger partial charge in [0, 0.05) is 43.3 Å². The number of fused-ring (bicyclic) bond motifs is 1. The minimum Gasteiger partial charge on any atom is -0.342 e. The Balaban J connectivity index is 1.89. The highest BCUT2D eigenvalue weighted by Gasteiger charge is 2.27. The van der Waals surface area contributed by atoms with Crippen LogP contribution < -0.4 is 0 Å². The van der Waals surface area contributed by atoms with Crippen molar-refractivity contribution in [3.8, 4) is 0 Å². The number of carbonyl (C=O) groups is 1. The number of benzene rings is 1. The fourth-order valence-corrected chi connectivity index (χ4v) is 4.16. The van der Waals surface area contributed by atoms with E-state index >= 15 is 0 Å². The Bertz CT molecular complexity index is 824. The molecule has 1 aliphatic rings. The summed E-state index contributed by atoms with van der Waals surface area (Å²) < 4.78 is 26.8. The first-order chi connectivity index (χ1) is 11.0. The number of carbonyl (C=O) groups excluding carboxylic acids is 1. The number of likely N-dealkylation sites (tertiary alicyclic amines) is 1. The molecule has 0 saturated carbocycles. The van der Waals surface area contributed by atoms with Gasteiger partial charge in [-0.25, -0.2) is 8.42 Å². The van der Waals surface area contributed by atoms with Crippen molar-refractivity contribution in [2.75, 3.05) is 26.7 Å². The molecule has 0 N–H and O–H groups in total. The molecule has 1 aromatic heterocycles. The molecule has 0 radical (unpaired) electrons. The normalized spacial score (nSPS) is 15.5. The van der Waals surface area contributed by atoms with E-state index < -0.39 is 10.0 Å². The van der Waals surface area contributed by atoms with Crippen LogP contribution in [0.3, 0.4) is 0 Å². The first-order valence-electron chi connectivity index (χ1n) is 7.57. The average Bonchev–Trinajstić information content (AvgIpc) is 3.08. The number of pyridine rings is 1. The lowest BCUT2D eigenvalue weighted by molar-refractivity contribution is -0.130. The molecule has 122 valence electrons. The van der Waals surface area contributed by atoms with Crippen molar-refractivity contribution in [2.24, 2.45) is 0 Å². The Hall–Kier alpha value is -1.99. The third-order valence-electron chi connectivity index (χ3n) is 4.15. The van der Waals surface area contributed by atoms with Crippen molar-refractivity contribution >= 4 is 26.7 Å². The van der Waals surface area contributed by atoms with Crippen LogP contribution in [0.4, 0.5) is 0 Å². The van der Waals surface area contributed by atoms with Gasteiger partial charge in [-0.15, -0.1) is 0 Å². The number of hydrogen-bond acceptors (Lipinski definition) is 4. The third-order valence-corrected chi connectivity index (χ3v) is 6.01. The SMILES string of the molecule is CN(CC(=O)N1CCCC1)S(=O)(=O)c1cccc2cnccc12. The van der Waals surface area contributed by atoms with Gasteiger partial charge in [-0.3, -0.25) is 9.78 Å². The summed E-state index contributed by atoms with van der Waals surface area (Å²) in [7, 11) is -2.28. The standard InChI is InChI=1S/C16H19N3O3S/c1-18(12-16(20)19-9-2-3-10-19)23(21,22)15-6-4-5-13-11-17-8-7-14(13)15/h4-8,11H,2-3,9-10,12H2,1H3. The molecule has 6 nitrogen and oxygen atoms in total. The van der Waals surface area contributed by atoms with Crippen molar-refractivity contribution in [3.05, 3.63) is 36.7 Å². The van der Waals surface area contributed by atoms with Crippen LogP contribution in [0.5, 0.6) is 0 Å². The topological polar surface area (TPSA) is 70.6 Å².